The van der Waals surface area contributed by atoms with Crippen molar-refractivity contribution in [2.24, 2.45) is 0 Å². The first-order valence-electron chi connectivity index (χ1n) is 21.3. The standard InChI is InChI=1S/C46H78NO8P/c1-6-8-10-12-14-16-18-20-22-23-25-27-29-31-33-35-37-39-46(49)55-44(43-54-56(50,51)53-41-40-47(3,4)5)42-52-45(48)38-36-34-32-30-28-26-24-21-19-17-15-13-11-9-7-2/h8-11,14-17,20-22,24-25,27,44H,6-7,12-13,18-19,23,26,28-43H2,1-5H3/b10-8-,11-9-,16-14-,17-15-,22-20-,24-21-,27-25-/t44-/m1/s1. The minimum atomic E-state index is -4.64. The van der Waals surface area contributed by atoms with Crippen molar-refractivity contribution in [3.63, 3.8) is 0 Å². The number of phosphoric ester groups is 1. The van der Waals surface area contributed by atoms with E-state index in [4.69, 9.17) is 18.5 Å². The number of ether oxygens (including phenoxy) is 2. The van der Waals surface area contributed by atoms with Gasteiger partial charge in [-0.2, -0.15) is 0 Å². The molecule has 0 radical (unpaired) electrons. The lowest BCUT2D eigenvalue weighted by atomic mass is 10.1. The van der Waals surface area contributed by atoms with Crippen LogP contribution in [0.4, 0.5) is 0 Å². The topological polar surface area (TPSA) is 111 Å². The van der Waals surface area contributed by atoms with Gasteiger partial charge in [0.25, 0.3) is 7.82 Å². The van der Waals surface area contributed by atoms with Gasteiger partial charge in [-0.1, -0.05) is 131 Å². The molecule has 320 valence electrons. The highest BCUT2D eigenvalue weighted by Gasteiger charge is 2.21. The summed E-state index contributed by atoms with van der Waals surface area (Å²) in [6.45, 7) is 3.92. The van der Waals surface area contributed by atoms with Gasteiger partial charge in [-0.05, 0) is 83.5 Å². The Morgan fingerprint density at radius 1 is 0.554 bits per heavy atom. The third kappa shape index (κ3) is 40.8. The number of rotatable bonds is 37. The summed E-state index contributed by atoms with van der Waals surface area (Å²) >= 11 is 0. The third-order valence-electron chi connectivity index (χ3n) is 8.41. The summed E-state index contributed by atoms with van der Waals surface area (Å²) in [7, 11) is 1.12. The van der Waals surface area contributed by atoms with E-state index in [0.29, 0.717) is 23.9 Å². The third-order valence-corrected chi connectivity index (χ3v) is 9.37. The number of carbonyl (C=O) groups excluding carboxylic acids is 2. The number of phosphoric acid groups is 1. The molecule has 0 N–H and O–H groups in total. The minimum absolute atomic E-state index is 0.0439. The lowest BCUT2D eigenvalue weighted by Crippen LogP contribution is -2.37. The minimum Gasteiger partial charge on any atom is -0.756 e. The molecule has 0 aliphatic rings. The lowest BCUT2D eigenvalue weighted by molar-refractivity contribution is -0.870. The average Bonchev–Trinajstić information content (AvgIpc) is 3.15. The van der Waals surface area contributed by atoms with Gasteiger partial charge in [0.1, 0.15) is 19.8 Å². The van der Waals surface area contributed by atoms with E-state index in [1.807, 2.05) is 21.1 Å². The van der Waals surface area contributed by atoms with Crippen molar-refractivity contribution < 1.29 is 42.1 Å². The Hall–Kier alpha value is -2.81. The van der Waals surface area contributed by atoms with Gasteiger partial charge >= 0.3 is 11.9 Å². The lowest BCUT2D eigenvalue weighted by Gasteiger charge is -2.28. The van der Waals surface area contributed by atoms with Gasteiger partial charge in [-0.25, -0.2) is 0 Å². The Morgan fingerprint density at radius 2 is 0.964 bits per heavy atom. The first kappa shape index (κ1) is 53.2. The van der Waals surface area contributed by atoms with E-state index in [0.717, 1.165) is 103 Å². The first-order chi connectivity index (χ1) is 27.0. The number of unbranched alkanes of at least 4 members (excludes halogenated alkanes) is 9. The highest BCUT2D eigenvalue weighted by atomic mass is 31.2. The predicted octanol–water partition coefficient (Wildman–Crippen LogP) is 11.4. The van der Waals surface area contributed by atoms with E-state index in [1.54, 1.807) is 0 Å². The molecule has 10 heteroatoms. The first-order valence-corrected chi connectivity index (χ1v) is 22.8. The Morgan fingerprint density at radius 3 is 1.43 bits per heavy atom. The molecule has 0 fully saturated rings. The fourth-order valence-electron chi connectivity index (χ4n) is 5.13. The highest BCUT2D eigenvalue weighted by molar-refractivity contribution is 7.45. The summed E-state index contributed by atoms with van der Waals surface area (Å²) in [6, 6.07) is 0. The molecule has 2 atom stereocenters. The van der Waals surface area contributed by atoms with Crippen LogP contribution in [0.5, 0.6) is 0 Å². The quantitative estimate of drug-likeness (QED) is 0.0201. The van der Waals surface area contributed by atoms with Crippen molar-refractivity contribution in [3.05, 3.63) is 85.1 Å². The molecule has 56 heavy (non-hydrogen) atoms. The van der Waals surface area contributed by atoms with Gasteiger partial charge < -0.3 is 27.9 Å². The maximum Gasteiger partial charge on any atom is 0.306 e. The summed E-state index contributed by atoms with van der Waals surface area (Å²) in [4.78, 5) is 37.5. The number of hydrogen-bond acceptors (Lipinski definition) is 8. The van der Waals surface area contributed by atoms with Crippen molar-refractivity contribution in [2.75, 3.05) is 47.5 Å². The van der Waals surface area contributed by atoms with E-state index in [9.17, 15) is 19.0 Å². The zero-order valence-corrected chi connectivity index (χ0v) is 36.7. The van der Waals surface area contributed by atoms with Gasteiger partial charge in [-0.15, -0.1) is 0 Å². The van der Waals surface area contributed by atoms with E-state index in [2.05, 4.69) is 98.9 Å². The Bertz CT molecular complexity index is 1230. The number of esters is 2. The van der Waals surface area contributed by atoms with Crippen molar-refractivity contribution in [1.82, 2.24) is 0 Å². The molecule has 0 bridgehead atoms. The summed E-state index contributed by atoms with van der Waals surface area (Å²) in [5.41, 5.74) is 0. The van der Waals surface area contributed by atoms with Crippen LogP contribution in [0.1, 0.15) is 142 Å². The number of nitrogens with zero attached hydrogens (tertiary/aromatic N) is 1. The molecule has 0 rings (SSSR count). The van der Waals surface area contributed by atoms with Crippen LogP contribution in [0, 0.1) is 0 Å². The zero-order valence-electron chi connectivity index (χ0n) is 35.8. The van der Waals surface area contributed by atoms with E-state index in [1.165, 1.54) is 0 Å². The Balaban J connectivity index is 4.47. The molecule has 0 saturated heterocycles. The van der Waals surface area contributed by atoms with Crippen molar-refractivity contribution in [1.29, 1.82) is 0 Å². The highest BCUT2D eigenvalue weighted by Crippen LogP contribution is 2.38. The van der Waals surface area contributed by atoms with Crippen LogP contribution in [0.15, 0.2) is 85.1 Å². The van der Waals surface area contributed by atoms with Crippen LogP contribution in [0.3, 0.4) is 0 Å². The largest absolute Gasteiger partial charge is 0.756 e. The average molecular weight is 804 g/mol. The maximum absolute atomic E-state index is 12.7. The summed E-state index contributed by atoms with van der Waals surface area (Å²) < 4.78 is 33.8. The molecule has 1 unspecified atom stereocenters. The van der Waals surface area contributed by atoms with Crippen LogP contribution < -0.4 is 4.89 Å². The summed E-state index contributed by atoms with van der Waals surface area (Å²) in [6.07, 6.45) is 47.5. The SMILES string of the molecule is CC/C=C\C/C=C\C/C=C\C/C=C\CCCCCCC(=O)O[C@H](COC(=O)CCCCCCC/C=C\C/C=C\C/C=C\CC)COP(=O)([O-])OCC[N+](C)(C)C. The van der Waals surface area contributed by atoms with Crippen LogP contribution in [-0.4, -0.2) is 70.0 Å². The fourth-order valence-corrected chi connectivity index (χ4v) is 5.86. The van der Waals surface area contributed by atoms with Crippen molar-refractivity contribution >= 4 is 19.8 Å². The summed E-state index contributed by atoms with van der Waals surface area (Å²) in [5, 5.41) is 0. The second-order valence-corrected chi connectivity index (χ2v) is 16.4. The number of allylic oxidation sites excluding steroid dienone is 14. The second-order valence-electron chi connectivity index (χ2n) is 14.9. The fraction of sp³-hybridized carbons (Fsp3) is 0.652. The van der Waals surface area contributed by atoms with Gasteiger partial charge in [-0.3, -0.25) is 14.2 Å². The Kier molecular flexibility index (Phi) is 35.9. The van der Waals surface area contributed by atoms with E-state index >= 15 is 0 Å². The molecule has 0 aliphatic carbocycles. The number of likely N-dealkylation sites (N-methyl/N-ethyl adjacent to an activating group) is 1. The molecular formula is C46H78NO8P. The van der Waals surface area contributed by atoms with E-state index in [-0.39, 0.29) is 26.1 Å². The van der Waals surface area contributed by atoms with Crippen molar-refractivity contribution in [3.8, 4) is 0 Å². The smallest absolute Gasteiger partial charge is 0.306 e. The number of hydrogen-bond donors (Lipinski definition) is 0. The molecule has 0 spiro atoms. The number of carbonyl (C=O) groups is 2. The summed E-state index contributed by atoms with van der Waals surface area (Å²) in [5.74, 6) is -0.892. The molecule has 0 aromatic rings. The van der Waals surface area contributed by atoms with Gasteiger partial charge in [0.05, 0.1) is 27.7 Å². The molecule has 0 aromatic heterocycles. The molecule has 0 aliphatic heterocycles. The van der Waals surface area contributed by atoms with Crippen LogP contribution in [0.2, 0.25) is 0 Å². The monoisotopic (exact) mass is 804 g/mol. The molecule has 0 aromatic carbocycles. The van der Waals surface area contributed by atoms with E-state index < -0.39 is 32.5 Å². The zero-order chi connectivity index (χ0) is 41.4. The van der Waals surface area contributed by atoms with Crippen molar-refractivity contribution in [2.45, 2.75) is 148 Å². The van der Waals surface area contributed by atoms with Gasteiger partial charge in [0, 0.05) is 12.8 Å². The van der Waals surface area contributed by atoms with Crippen LogP contribution in [0.25, 0.3) is 0 Å². The molecule has 0 saturated carbocycles. The second kappa shape index (κ2) is 37.7. The van der Waals surface area contributed by atoms with Gasteiger partial charge in [0.2, 0.25) is 0 Å². The molecule has 0 heterocycles. The molecule has 9 nitrogen and oxygen atoms in total. The number of quaternary nitrogens is 1. The normalized spacial score (nSPS) is 14.5. The molecular weight excluding hydrogens is 725 g/mol. The predicted molar refractivity (Wildman–Crippen MR) is 231 cm³/mol. The maximum atomic E-state index is 12.7. The van der Waals surface area contributed by atoms with Crippen LogP contribution >= 0.6 is 7.82 Å². The Labute approximate surface area is 341 Å². The van der Waals surface area contributed by atoms with Crippen LogP contribution in [-0.2, 0) is 32.7 Å². The van der Waals surface area contributed by atoms with Gasteiger partial charge in [0.15, 0.2) is 6.10 Å². The molecule has 0 amide bonds.